The molecule has 122 valence electrons. The normalized spacial score (nSPS) is 17.1. The number of imide groups is 1. The van der Waals surface area contributed by atoms with Gasteiger partial charge in [-0.1, -0.05) is 24.8 Å². The fourth-order valence-corrected chi connectivity index (χ4v) is 2.05. The molecular weight excluding hydrogens is 300 g/mol. The van der Waals surface area contributed by atoms with Crippen molar-refractivity contribution in [3.8, 4) is 11.5 Å². The molecule has 1 aromatic carbocycles. The maximum atomic E-state index is 11.9. The van der Waals surface area contributed by atoms with Crippen LogP contribution in [0.1, 0.15) is 12.8 Å². The monoisotopic (exact) mass is 318 g/mol. The molecule has 2 rings (SSSR count). The van der Waals surface area contributed by atoms with Gasteiger partial charge in [0.15, 0.2) is 18.1 Å². The summed E-state index contributed by atoms with van der Waals surface area (Å²) in [7, 11) is 0. The molecule has 1 aliphatic rings. The van der Waals surface area contributed by atoms with Crippen LogP contribution < -0.4 is 20.1 Å². The standard InChI is InChI=1S/C16H18N2O5/c1-2-9-22-12-5-3-4-6-13(12)23-10-15(20)17-11-7-8-14(19)18-16(11)21/h2-6,11H,1,7-10H2,(H,17,20)(H,18,19,21). The third kappa shape index (κ3) is 4.84. The van der Waals surface area contributed by atoms with Crippen molar-refractivity contribution in [3.63, 3.8) is 0 Å². The van der Waals surface area contributed by atoms with Gasteiger partial charge in [0.2, 0.25) is 11.8 Å². The van der Waals surface area contributed by atoms with Gasteiger partial charge in [0, 0.05) is 6.42 Å². The summed E-state index contributed by atoms with van der Waals surface area (Å²) >= 11 is 0. The molecule has 0 saturated carbocycles. The van der Waals surface area contributed by atoms with Crippen molar-refractivity contribution in [2.75, 3.05) is 13.2 Å². The summed E-state index contributed by atoms with van der Waals surface area (Å²) in [6.07, 6.45) is 2.09. The molecule has 23 heavy (non-hydrogen) atoms. The first-order chi connectivity index (χ1) is 11.1. The summed E-state index contributed by atoms with van der Waals surface area (Å²) in [5.41, 5.74) is 0. The molecule has 0 spiro atoms. The maximum Gasteiger partial charge on any atom is 0.258 e. The fraction of sp³-hybridized carbons (Fsp3) is 0.312. The Morgan fingerprint density at radius 1 is 1.30 bits per heavy atom. The van der Waals surface area contributed by atoms with Crippen LogP contribution in [0.25, 0.3) is 0 Å². The Morgan fingerprint density at radius 2 is 2.00 bits per heavy atom. The van der Waals surface area contributed by atoms with Crippen molar-refractivity contribution >= 4 is 17.7 Å². The van der Waals surface area contributed by atoms with Crippen molar-refractivity contribution in [2.45, 2.75) is 18.9 Å². The van der Waals surface area contributed by atoms with Crippen LogP contribution in [-0.4, -0.2) is 37.0 Å². The Morgan fingerprint density at radius 3 is 2.65 bits per heavy atom. The van der Waals surface area contributed by atoms with Gasteiger partial charge in [0.25, 0.3) is 5.91 Å². The predicted octanol–water partition coefficient (Wildman–Crippen LogP) is 0.552. The number of para-hydroxylation sites is 2. The van der Waals surface area contributed by atoms with E-state index >= 15 is 0 Å². The highest BCUT2D eigenvalue weighted by Gasteiger charge is 2.27. The maximum absolute atomic E-state index is 11.9. The number of piperidine rings is 1. The Kier molecular flexibility index (Phi) is 5.74. The zero-order valence-corrected chi connectivity index (χ0v) is 12.5. The van der Waals surface area contributed by atoms with Crippen molar-refractivity contribution < 1.29 is 23.9 Å². The molecule has 1 aromatic rings. The number of carbonyl (C=O) groups is 3. The zero-order chi connectivity index (χ0) is 16.7. The summed E-state index contributed by atoms with van der Waals surface area (Å²) in [6.45, 7) is 3.63. The number of ether oxygens (including phenoxy) is 2. The number of hydrogen-bond acceptors (Lipinski definition) is 5. The molecule has 1 unspecified atom stereocenters. The molecule has 2 N–H and O–H groups in total. The number of rotatable bonds is 7. The van der Waals surface area contributed by atoms with E-state index in [1.807, 2.05) is 0 Å². The average Bonchev–Trinajstić information content (AvgIpc) is 2.54. The molecule has 0 bridgehead atoms. The molecular formula is C16H18N2O5. The van der Waals surface area contributed by atoms with Gasteiger partial charge in [-0.3, -0.25) is 19.7 Å². The van der Waals surface area contributed by atoms with Gasteiger partial charge < -0.3 is 14.8 Å². The molecule has 0 aromatic heterocycles. The lowest BCUT2D eigenvalue weighted by Gasteiger charge is -2.21. The average molecular weight is 318 g/mol. The third-order valence-corrected chi connectivity index (χ3v) is 3.14. The molecule has 1 heterocycles. The SMILES string of the molecule is C=CCOc1ccccc1OCC(=O)NC1CCC(=O)NC1=O. The largest absolute Gasteiger partial charge is 0.486 e. The van der Waals surface area contributed by atoms with Gasteiger partial charge in [0.05, 0.1) is 0 Å². The van der Waals surface area contributed by atoms with Crippen molar-refractivity contribution in [2.24, 2.45) is 0 Å². The van der Waals surface area contributed by atoms with Gasteiger partial charge in [-0.15, -0.1) is 0 Å². The zero-order valence-electron chi connectivity index (χ0n) is 12.5. The highest BCUT2D eigenvalue weighted by Crippen LogP contribution is 2.26. The van der Waals surface area contributed by atoms with Crippen LogP contribution in [0.15, 0.2) is 36.9 Å². The molecule has 3 amide bonds. The topological polar surface area (TPSA) is 93.7 Å². The predicted molar refractivity (Wildman–Crippen MR) is 81.9 cm³/mol. The van der Waals surface area contributed by atoms with Crippen molar-refractivity contribution in [1.29, 1.82) is 0 Å². The summed E-state index contributed by atoms with van der Waals surface area (Å²) < 4.78 is 10.8. The first-order valence-electron chi connectivity index (χ1n) is 7.18. The van der Waals surface area contributed by atoms with Gasteiger partial charge in [-0.2, -0.15) is 0 Å². The number of nitrogens with one attached hydrogen (secondary N) is 2. The minimum atomic E-state index is -0.712. The summed E-state index contributed by atoms with van der Waals surface area (Å²) in [6, 6.07) is 6.23. The Hall–Kier alpha value is -2.83. The molecule has 0 radical (unpaired) electrons. The van der Waals surface area contributed by atoms with E-state index in [1.165, 1.54) is 0 Å². The van der Waals surface area contributed by atoms with E-state index in [9.17, 15) is 14.4 Å². The van der Waals surface area contributed by atoms with Crippen molar-refractivity contribution in [3.05, 3.63) is 36.9 Å². The van der Waals surface area contributed by atoms with E-state index in [4.69, 9.17) is 9.47 Å². The van der Waals surface area contributed by atoms with E-state index in [2.05, 4.69) is 17.2 Å². The lowest BCUT2D eigenvalue weighted by atomic mass is 10.1. The molecule has 1 atom stereocenters. The summed E-state index contributed by atoms with van der Waals surface area (Å²) in [5, 5.41) is 4.71. The summed E-state index contributed by atoms with van der Waals surface area (Å²) in [4.78, 5) is 34.5. The van der Waals surface area contributed by atoms with E-state index in [-0.39, 0.29) is 25.4 Å². The van der Waals surface area contributed by atoms with Crippen LogP contribution in [0, 0.1) is 0 Å². The van der Waals surface area contributed by atoms with Gasteiger partial charge in [0.1, 0.15) is 12.6 Å². The Labute approximate surface area is 133 Å². The van der Waals surface area contributed by atoms with E-state index in [0.29, 0.717) is 18.1 Å². The first kappa shape index (κ1) is 16.5. The second kappa shape index (κ2) is 7.98. The Balaban J connectivity index is 1.86. The van der Waals surface area contributed by atoms with Gasteiger partial charge in [-0.25, -0.2) is 0 Å². The molecule has 1 saturated heterocycles. The first-order valence-corrected chi connectivity index (χ1v) is 7.18. The second-order valence-electron chi connectivity index (χ2n) is 4.91. The van der Waals surface area contributed by atoms with Crippen LogP contribution in [-0.2, 0) is 14.4 Å². The molecule has 1 aliphatic heterocycles. The molecule has 7 heteroatoms. The quantitative estimate of drug-likeness (QED) is 0.566. The second-order valence-corrected chi connectivity index (χ2v) is 4.91. The highest BCUT2D eigenvalue weighted by atomic mass is 16.5. The van der Waals surface area contributed by atoms with E-state index < -0.39 is 17.9 Å². The van der Waals surface area contributed by atoms with Crippen LogP contribution in [0.2, 0.25) is 0 Å². The minimum Gasteiger partial charge on any atom is -0.486 e. The highest BCUT2D eigenvalue weighted by molar-refractivity contribution is 6.01. The molecule has 1 fully saturated rings. The lowest BCUT2D eigenvalue weighted by molar-refractivity contribution is -0.137. The lowest BCUT2D eigenvalue weighted by Crippen LogP contribution is -2.53. The number of benzene rings is 1. The summed E-state index contributed by atoms with van der Waals surface area (Å²) in [5.74, 6) is -0.346. The van der Waals surface area contributed by atoms with Gasteiger partial charge >= 0.3 is 0 Å². The number of carbonyl (C=O) groups excluding carboxylic acids is 3. The fourth-order valence-electron chi connectivity index (χ4n) is 2.05. The van der Waals surface area contributed by atoms with E-state index in [0.717, 1.165) is 0 Å². The molecule has 0 aliphatic carbocycles. The minimum absolute atomic E-state index is 0.204. The number of amides is 3. The van der Waals surface area contributed by atoms with E-state index in [1.54, 1.807) is 30.3 Å². The third-order valence-electron chi connectivity index (χ3n) is 3.14. The van der Waals surface area contributed by atoms with Crippen LogP contribution in [0.3, 0.4) is 0 Å². The molecule has 7 nitrogen and oxygen atoms in total. The Bertz CT molecular complexity index is 614. The van der Waals surface area contributed by atoms with Crippen LogP contribution in [0.4, 0.5) is 0 Å². The van der Waals surface area contributed by atoms with Gasteiger partial charge in [-0.05, 0) is 18.6 Å². The van der Waals surface area contributed by atoms with Crippen LogP contribution in [0.5, 0.6) is 11.5 Å². The smallest absolute Gasteiger partial charge is 0.258 e. The number of hydrogen-bond donors (Lipinski definition) is 2. The van der Waals surface area contributed by atoms with Crippen molar-refractivity contribution in [1.82, 2.24) is 10.6 Å². The van der Waals surface area contributed by atoms with Crippen LogP contribution >= 0.6 is 0 Å².